The van der Waals surface area contributed by atoms with Gasteiger partial charge in [0, 0.05) is 6.07 Å². The van der Waals surface area contributed by atoms with E-state index in [1.165, 1.54) is 11.6 Å². The van der Waals surface area contributed by atoms with E-state index < -0.39 is 5.82 Å². The van der Waals surface area contributed by atoms with Gasteiger partial charge in [0.15, 0.2) is 0 Å². The molecule has 0 saturated heterocycles. The van der Waals surface area contributed by atoms with Gasteiger partial charge in [-0.25, -0.2) is 4.39 Å². The minimum atomic E-state index is -0.421. The third-order valence-electron chi connectivity index (χ3n) is 2.77. The zero-order chi connectivity index (χ0) is 12.4. The van der Waals surface area contributed by atoms with Crippen LogP contribution in [-0.2, 0) is 0 Å². The van der Waals surface area contributed by atoms with Crippen LogP contribution < -0.4 is 0 Å². The fourth-order valence-corrected chi connectivity index (χ4v) is 1.82. The SMILES string of the molecule is CC(C)c1cccc(-c2cc(O)cc(F)c2)c1. The number of phenolic OH excluding ortho intramolecular Hbond substituents is 1. The second kappa shape index (κ2) is 4.58. The van der Waals surface area contributed by atoms with Crippen LogP contribution in [0.4, 0.5) is 4.39 Å². The summed E-state index contributed by atoms with van der Waals surface area (Å²) in [6.07, 6.45) is 0. The number of aromatic hydroxyl groups is 1. The molecule has 0 aliphatic heterocycles. The van der Waals surface area contributed by atoms with Crippen molar-refractivity contribution in [3.8, 4) is 16.9 Å². The summed E-state index contributed by atoms with van der Waals surface area (Å²) in [6, 6.07) is 12.1. The average molecular weight is 230 g/mol. The number of phenols is 1. The van der Waals surface area contributed by atoms with Crippen molar-refractivity contribution in [2.75, 3.05) is 0 Å². The molecule has 0 aliphatic carbocycles. The maximum absolute atomic E-state index is 13.2. The van der Waals surface area contributed by atoms with Crippen LogP contribution in [0, 0.1) is 5.82 Å². The fourth-order valence-electron chi connectivity index (χ4n) is 1.82. The van der Waals surface area contributed by atoms with Gasteiger partial charge in [-0.3, -0.25) is 0 Å². The van der Waals surface area contributed by atoms with Crippen LogP contribution in [0.15, 0.2) is 42.5 Å². The van der Waals surface area contributed by atoms with E-state index in [4.69, 9.17) is 0 Å². The van der Waals surface area contributed by atoms with Crippen molar-refractivity contribution < 1.29 is 9.50 Å². The Morgan fingerprint density at radius 1 is 1.00 bits per heavy atom. The lowest BCUT2D eigenvalue weighted by Gasteiger charge is -2.08. The largest absolute Gasteiger partial charge is 0.508 e. The quantitative estimate of drug-likeness (QED) is 0.814. The predicted octanol–water partition coefficient (Wildman–Crippen LogP) is 4.32. The maximum Gasteiger partial charge on any atom is 0.127 e. The third-order valence-corrected chi connectivity index (χ3v) is 2.77. The highest BCUT2D eigenvalue weighted by atomic mass is 19.1. The average Bonchev–Trinajstić information content (AvgIpc) is 2.28. The van der Waals surface area contributed by atoms with Crippen molar-refractivity contribution in [3.05, 3.63) is 53.8 Å². The highest BCUT2D eigenvalue weighted by molar-refractivity contribution is 5.66. The van der Waals surface area contributed by atoms with Crippen LogP contribution in [0.2, 0.25) is 0 Å². The lowest BCUT2D eigenvalue weighted by atomic mass is 9.97. The Bertz CT molecular complexity index is 512. The summed E-state index contributed by atoms with van der Waals surface area (Å²) in [7, 11) is 0. The molecule has 2 aromatic rings. The zero-order valence-corrected chi connectivity index (χ0v) is 9.94. The Hall–Kier alpha value is -1.83. The molecule has 0 amide bonds. The molecule has 17 heavy (non-hydrogen) atoms. The lowest BCUT2D eigenvalue weighted by molar-refractivity contribution is 0.469. The summed E-state index contributed by atoms with van der Waals surface area (Å²) in [6.45, 7) is 4.23. The second-order valence-corrected chi connectivity index (χ2v) is 4.48. The molecule has 0 spiro atoms. The van der Waals surface area contributed by atoms with Gasteiger partial charge in [0.25, 0.3) is 0 Å². The van der Waals surface area contributed by atoms with E-state index in [1.54, 1.807) is 6.07 Å². The monoisotopic (exact) mass is 230 g/mol. The van der Waals surface area contributed by atoms with Crippen LogP contribution in [-0.4, -0.2) is 5.11 Å². The highest BCUT2D eigenvalue weighted by Gasteiger charge is 2.05. The Morgan fingerprint density at radius 3 is 2.41 bits per heavy atom. The molecule has 88 valence electrons. The Balaban J connectivity index is 2.49. The number of hydrogen-bond acceptors (Lipinski definition) is 1. The van der Waals surface area contributed by atoms with Crippen molar-refractivity contribution in [2.24, 2.45) is 0 Å². The van der Waals surface area contributed by atoms with Crippen molar-refractivity contribution >= 4 is 0 Å². The maximum atomic E-state index is 13.2. The van der Waals surface area contributed by atoms with Gasteiger partial charge in [0.1, 0.15) is 11.6 Å². The van der Waals surface area contributed by atoms with Crippen LogP contribution in [0.5, 0.6) is 5.75 Å². The molecule has 0 bridgehead atoms. The van der Waals surface area contributed by atoms with E-state index >= 15 is 0 Å². The normalized spacial score (nSPS) is 10.8. The van der Waals surface area contributed by atoms with Crippen molar-refractivity contribution in [1.29, 1.82) is 0 Å². The van der Waals surface area contributed by atoms with Crippen molar-refractivity contribution in [3.63, 3.8) is 0 Å². The van der Waals surface area contributed by atoms with E-state index in [2.05, 4.69) is 13.8 Å². The second-order valence-electron chi connectivity index (χ2n) is 4.48. The van der Waals surface area contributed by atoms with Crippen molar-refractivity contribution in [1.82, 2.24) is 0 Å². The van der Waals surface area contributed by atoms with E-state index in [0.29, 0.717) is 11.5 Å². The molecule has 1 nitrogen and oxygen atoms in total. The molecule has 0 radical (unpaired) electrons. The van der Waals surface area contributed by atoms with Crippen LogP contribution >= 0.6 is 0 Å². The third kappa shape index (κ3) is 2.64. The number of rotatable bonds is 2. The standard InChI is InChI=1S/C15H15FO/c1-10(2)11-4-3-5-12(6-11)13-7-14(16)9-15(17)8-13/h3-10,17H,1-2H3. The molecular weight excluding hydrogens is 215 g/mol. The first-order valence-corrected chi connectivity index (χ1v) is 5.66. The number of hydrogen-bond donors (Lipinski definition) is 1. The molecule has 0 fully saturated rings. The van der Waals surface area contributed by atoms with E-state index in [0.717, 1.165) is 11.6 Å². The van der Waals surface area contributed by atoms with Gasteiger partial charge in [-0.05, 0) is 34.7 Å². The Labute approximate surface area is 101 Å². The molecule has 0 aliphatic rings. The molecule has 2 heteroatoms. The smallest absolute Gasteiger partial charge is 0.127 e. The minimum absolute atomic E-state index is 0.0463. The van der Waals surface area contributed by atoms with Crippen LogP contribution in [0.3, 0.4) is 0 Å². The highest BCUT2D eigenvalue weighted by Crippen LogP contribution is 2.27. The van der Waals surface area contributed by atoms with Gasteiger partial charge >= 0.3 is 0 Å². The summed E-state index contributed by atoms with van der Waals surface area (Å²) in [4.78, 5) is 0. The van der Waals surface area contributed by atoms with Gasteiger partial charge in [0.05, 0.1) is 0 Å². The first-order valence-electron chi connectivity index (χ1n) is 5.66. The molecule has 0 saturated carbocycles. The zero-order valence-electron chi connectivity index (χ0n) is 9.94. The summed E-state index contributed by atoms with van der Waals surface area (Å²) in [5.41, 5.74) is 2.82. The van der Waals surface area contributed by atoms with E-state index in [1.807, 2.05) is 24.3 Å². The summed E-state index contributed by atoms with van der Waals surface area (Å²) in [5, 5.41) is 9.39. The van der Waals surface area contributed by atoms with E-state index in [9.17, 15) is 9.50 Å². The van der Waals surface area contributed by atoms with Gasteiger partial charge in [-0.15, -0.1) is 0 Å². The fraction of sp³-hybridized carbons (Fsp3) is 0.200. The first-order chi connectivity index (χ1) is 8.06. The minimum Gasteiger partial charge on any atom is -0.508 e. The molecular formula is C15H15FO. The van der Waals surface area contributed by atoms with Gasteiger partial charge in [-0.2, -0.15) is 0 Å². The molecule has 1 N–H and O–H groups in total. The number of benzene rings is 2. The lowest BCUT2D eigenvalue weighted by Crippen LogP contribution is -1.88. The van der Waals surface area contributed by atoms with Crippen molar-refractivity contribution in [2.45, 2.75) is 19.8 Å². The summed E-state index contributed by atoms with van der Waals surface area (Å²) < 4.78 is 13.2. The van der Waals surface area contributed by atoms with Crippen LogP contribution in [0.25, 0.3) is 11.1 Å². The van der Waals surface area contributed by atoms with Gasteiger partial charge < -0.3 is 5.11 Å². The summed E-state index contributed by atoms with van der Waals surface area (Å²) in [5.74, 6) is -0.0398. The molecule has 0 atom stereocenters. The molecule has 0 heterocycles. The van der Waals surface area contributed by atoms with Gasteiger partial charge in [-0.1, -0.05) is 38.1 Å². The first kappa shape index (κ1) is 11.6. The van der Waals surface area contributed by atoms with Crippen LogP contribution in [0.1, 0.15) is 25.3 Å². The predicted molar refractivity (Wildman–Crippen MR) is 67.6 cm³/mol. The summed E-state index contributed by atoms with van der Waals surface area (Å²) >= 11 is 0. The molecule has 0 aromatic heterocycles. The molecule has 2 aromatic carbocycles. The Morgan fingerprint density at radius 2 is 1.76 bits per heavy atom. The topological polar surface area (TPSA) is 20.2 Å². The molecule has 2 rings (SSSR count). The molecule has 0 unspecified atom stereocenters. The number of halogens is 1. The Kier molecular flexibility index (Phi) is 3.14. The van der Waals surface area contributed by atoms with Gasteiger partial charge in [0.2, 0.25) is 0 Å². The van der Waals surface area contributed by atoms with E-state index in [-0.39, 0.29) is 5.75 Å².